The fourth-order valence-corrected chi connectivity index (χ4v) is 1.51. The number of aromatic nitrogens is 4. The van der Waals surface area contributed by atoms with Gasteiger partial charge in [0.15, 0.2) is 5.76 Å². The van der Waals surface area contributed by atoms with Crippen molar-refractivity contribution in [3.63, 3.8) is 0 Å². The molecule has 0 bridgehead atoms. The maximum Gasteiger partial charge on any atom is 0.240 e. The molecule has 0 saturated carbocycles. The van der Waals surface area contributed by atoms with Gasteiger partial charge in [-0.3, -0.25) is 0 Å². The zero-order chi connectivity index (χ0) is 13.7. The molecule has 0 aliphatic rings. The predicted molar refractivity (Wildman–Crippen MR) is 67.2 cm³/mol. The van der Waals surface area contributed by atoms with Crippen LogP contribution in [0.5, 0.6) is 0 Å². The van der Waals surface area contributed by atoms with Crippen LogP contribution in [-0.4, -0.2) is 44.6 Å². The number of tetrazole rings is 1. The second-order valence-electron chi connectivity index (χ2n) is 4.73. The van der Waals surface area contributed by atoms with Crippen LogP contribution in [0.4, 0.5) is 0 Å². The van der Waals surface area contributed by atoms with Crippen molar-refractivity contribution < 1.29 is 14.3 Å². The summed E-state index contributed by atoms with van der Waals surface area (Å²) in [4.78, 5) is 1.33. The van der Waals surface area contributed by atoms with E-state index in [0.717, 1.165) is 0 Å². The Morgan fingerprint density at radius 1 is 1.42 bits per heavy atom. The van der Waals surface area contributed by atoms with Crippen molar-refractivity contribution in [1.29, 1.82) is 0 Å². The van der Waals surface area contributed by atoms with E-state index in [1.807, 2.05) is 0 Å². The van der Waals surface area contributed by atoms with Crippen molar-refractivity contribution in [2.24, 2.45) is 5.92 Å². The van der Waals surface area contributed by atoms with Crippen LogP contribution >= 0.6 is 0 Å². The van der Waals surface area contributed by atoms with Crippen LogP contribution in [-0.2, 0) is 11.3 Å². The van der Waals surface area contributed by atoms with Crippen LogP contribution in [0.2, 0.25) is 0 Å². The normalized spacial score (nSPS) is 13.1. The maximum atomic E-state index is 9.78. The second-order valence-corrected chi connectivity index (χ2v) is 4.73. The number of ether oxygens (including phenoxy) is 1. The van der Waals surface area contributed by atoms with Crippen LogP contribution < -0.4 is 0 Å². The lowest BCUT2D eigenvalue weighted by molar-refractivity contribution is 0.0144. The van der Waals surface area contributed by atoms with Crippen LogP contribution in [0.1, 0.15) is 13.8 Å². The van der Waals surface area contributed by atoms with E-state index in [9.17, 15) is 5.11 Å². The zero-order valence-corrected chi connectivity index (χ0v) is 11.1. The first-order valence-corrected chi connectivity index (χ1v) is 6.22. The van der Waals surface area contributed by atoms with Gasteiger partial charge in [-0.05, 0) is 23.3 Å². The van der Waals surface area contributed by atoms with Gasteiger partial charge in [-0.15, -0.1) is 10.2 Å². The van der Waals surface area contributed by atoms with Gasteiger partial charge in [0.1, 0.15) is 0 Å². The summed E-state index contributed by atoms with van der Waals surface area (Å²) >= 11 is 0. The highest BCUT2D eigenvalue weighted by Gasteiger charge is 2.12. The van der Waals surface area contributed by atoms with E-state index < -0.39 is 6.10 Å². The third-order valence-electron chi connectivity index (χ3n) is 2.33. The molecule has 104 valence electrons. The molecule has 7 heteroatoms. The van der Waals surface area contributed by atoms with Crippen LogP contribution in [0.15, 0.2) is 22.8 Å². The molecule has 2 heterocycles. The summed E-state index contributed by atoms with van der Waals surface area (Å²) in [6.07, 6.45) is 0.891. The molecule has 0 aromatic carbocycles. The average Bonchev–Trinajstić information content (AvgIpc) is 2.97. The summed E-state index contributed by atoms with van der Waals surface area (Å²) in [6, 6.07) is 3.51. The number of hydrogen-bond acceptors (Lipinski definition) is 6. The molecule has 2 aromatic rings. The van der Waals surface area contributed by atoms with Crippen molar-refractivity contribution in [2.75, 3.05) is 13.2 Å². The Bertz CT molecular complexity index is 481. The van der Waals surface area contributed by atoms with E-state index in [0.29, 0.717) is 24.1 Å². The molecule has 0 aliphatic heterocycles. The first-order valence-electron chi connectivity index (χ1n) is 6.22. The third kappa shape index (κ3) is 4.15. The first kappa shape index (κ1) is 13.7. The van der Waals surface area contributed by atoms with E-state index in [4.69, 9.17) is 9.15 Å². The lowest BCUT2D eigenvalue weighted by Crippen LogP contribution is -2.24. The quantitative estimate of drug-likeness (QED) is 0.803. The molecule has 19 heavy (non-hydrogen) atoms. The largest absolute Gasteiger partial charge is 0.461 e. The summed E-state index contributed by atoms with van der Waals surface area (Å²) < 4.78 is 10.5. The lowest BCUT2D eigenvalue weighted by atomic mass is 10.2. The molecule has 2 rings (SSSR count). The fraction of sp³-hybridized carbons (Fsp3) is 0.583. The molecule has 0 aliphatic carbocycles. The van der Waals surface area contributed by atoms with Crippen molar-refractivity contribution in [2.45, 2.75) is 26.5 Å². The highest BCUT2D eigenvalue weighted by molar-refractivity contribution is 5.43. The van der Waals surface area contributed by atoms with Crippen molar-refractivity contribution in [3.05, 3.63) is 18.4 Å². The molecule has 1 atom stereocenters. The Morgan fingerprint density at radius 3 is 2.95 bits per heavy atom. The number of rotatable bonds is 7. The molecule has 0 radical (unpaired) electrons. The number of furan rings is 1. The molecule has 0 amide bonds. The van der Waals surface area contributed by atoms with Crippen molar-refractivity contribution in [3.8, 4) is 11.6 Å². The summed E-state index contributed by atoms with van der Waals surface area (Å²) in [5.41, 5.74) is 0. The van der Waals surface area contributed by atoms with Gasteiger partial charge in [-0.2, -0.15) is 4.80 Å². The molecule has 0 spiro atoms. The molecule has 7 nitrogen and oxygen atoms in total. The van der Waals surface area contributed by atoms with Crippen LogP contribution in [0, 0.1) is 5.92 Å². The smallest absolute Gasteiger partial charge is 0.240 e. The van der Waals surface area contributed by atoms with Crippen molar-refractivity contribution >= 4 is 0 Å². The lowest BCUT2D eigenvalue weighted by Gasteiger charge is -2.11. The summed E-state index contributed by atoms with van der Waals surface area (Å²) in [5, 5.41) is 21.6. The van der Waals surface area contributed by atoms with Gasteiger partial charge in [0.2, 0.25) is 5.82 Å². The van der Waals surface area contributed by atoms with Gasteiger partial charge in [0, 0.05) is 6.61 Å². The van der Waals surface area contributed by atoms with E-state index in [-0.39, 0.29) is 13.2 Å². The summed E-state index contributed by atoms with van der Waals surface area (Å²) in [7, 11) is 0. The Kier molecular flexibility index (Phi) is 4.64. The van der Waals surface area contributed by atoms with Crippen LogP contribution in [0.3, 0.4) is 0 Å². The first-order chi connectivity index (χ1) is 9.15. The SMILES string of the molecule is CC(C)COC[C@H](O)Cn1nnc(-c2ccco2)n1. The molecule has 0 saturated heterocycles. The van der Waals surface area contributed by atoms with Gasteiger partial charge in [-0.25, -0.2) is 0 Å². The van der Waals surface area contributed by atoms with Crippen molar-refractivity contribution in [1.82, 2.24) is 20.2 Å². The second kappa shape index (κ2) is 6.44. The predicted octanol–water partition coefficient (Wildman–Crippen LogP) is 0.967. The molecular weight excluding hydrogens is 248 g/mol. The molecule has 2 aromatic heterocycles. The number of nitrogens with zero attached hydrogens (tertiary/aromatic N) is 4. The van der Waals surface area contributed by atoms with E-state index in [1.54, 1.807) is 18.4 Å². The fourth-order valence-electron chi connectivity index (χ4n) is 1.51. The molecule has 0 fully saturated rings. The minimum Gasteiger partial charge on any atom is -0.461 e. The molecular formula is C12H18N4O3. The Morgan fingerprint density at radius 2 is 2.26 bits per heavy atom. The number of aliphatic hydroxyl groups excluding tert-OH is 1. The van der Waals surface area contributed by atoms with E-state index in [2.05, 4.69) is 29.3 Å². The minimum atomic E-state index is -0.655. The monoisotopic (exact) mass is 266 g/mol. The highest BCUT2D eigenvalue weighted by Crippen LogP contribution is 2.12. The maximum absolute atomic E-state index is 9.78. The zero-order valence-electron chi connectivity index (χ0n) is 11.1. The highest BCUT2D eigenvalue weighted by atomic mass is 16.5. The number of aliphatic hydroxyl groups is 1. The number of hydrogen-bond donors (Lipinski definition) is 1. The van der Waals surface area contributed by atoms with E-state index >= 15 is 0 Å². The Hall–Kier alpha value is -1.73. The Balaban J connectivity index is 1.83. The van der Waals surface area contributed by atoms with Gasteiger partial charge >= 0.3 is 0 Å². The van der Waals surface area contributed by atoms with Gasteiger partial charge in [0.25, 0.3) is 0 Å². The van der Waals surface area contributed by atoms with Gasteiger partial charge < -0.3 is 14.3 Å². The summed E-state index contributed by atoms with van der Waals surface area (Å²) in [5.74, 6) is 1.40. The minimum absolute atomic E-state index is 0.242. The topological polar surface area (TPSA) is 86.2 Å². The standard InChI is InChI=1S/C12H18N4O3/c1-9(2)7-18-8-10(17)6-16-14-12(13-15-16)11-4-3-5-19-11/h3-5,9-10,17H,6-8H2,1-2H3/t10-/m1/s1. The Labute approximate surface area is 111 Å². The van der Waals surface area contributed by atoms with E-state index in [1.165, 1.54) is 4.80 Å². The molecule has 0 unspecified atom stereocenters. The summed E-state index contributed by atoms with van der Waals surface area (Å²) in [6.45, 7) is 5.24. The van der Waals surface area contributed by atoms with Crippen LogP contribution in [0.25, 0.3) is 11.6 Å². The third-order valence-corrected chi connectivity index (χ3v) is 2.33. The van der Waals surface area contributed by atoms with Gasteiger partial charge in [-0.1, -0.05) is 13.8 Å². The average molecular weight is 266 g/mol. The van der Waals surface area contributed by atoms with Gasteiger partial charge in [0.05, 0.1) is 25.5 Å². The molecule has 1 N–H and O–H groups in total.